The van der Waals surface area contributed by atoms with Crippen molar-refractivity contribution in [3.05, 3.63) is 0 Å². The van der Waals surface area contributed by atoms with Gasteiger partial charge in [0.2, 0.25) is 10.0 Å². The summed E-state index contributed by atoms with van der Waals surface area (Å²) in [6.07, 6.45) is 3.64. The van der Waals surface area contributed by atoms with Crippen molar-refractivity contribution in [2.75, 3.05) is 12.3 Å². The molecule has 0 heterocycles. The molecule has 0 aromatic heterocycles. The molecule has 0 rings (SSSR count). The summed E-state index contributed by atoms with van der Waals surface area (Å²) in [4.78, 5) is 0. The first-order valence-electron chi connectivity index (χ1n) is 5.48. The molecule has 0 aliphatic carbocycles. The number of hydrogen-bond acceptors (Lipinski definition) is 3. The Morgan fingerprint density at radius 3 is 2.07 bits per heavy atom. The molecule has 0 radical (unpaired) electrons. The monoisotopic (exact) mass is 236 g/mol. The third-order valence-corrected chi connectivity index (χ3v) is 3.58. The molecule has 0 aliphatic heterocycles. The van der Waals surface area contributed by atoms with Crippen LogP contribution in [0.15, 0.2) is 0 Å². The predicted molar refractivity (Wildman–Crippen MR) is 64.2 cm³/mol. The van der Waals surface area contributed by atoms with Crippen LogP contribution in [0.4, 0.5) is 0 Å². The minimum absolute atomic E-state index is 0.217. The fourth-order valence-corrected chi connectivity index (χ4v) is 2.93. The molecule has 0 unspecified atom stereocenters. The smallest absolute Gasteiger partial charge is 0.212 e. The Hall–Kier alpha value is -0.130. The zero-order chi connectivity index (χ0) is 11.9. The fourth-order valence-electron chi connectivity index (χ4n) is 1.31. The van der Waals surface area contributed by atoms with Gasteiger partial charge >= 0.3 is 0 Å². The quantitative estimate of drug-likeness (QED) is 0.653. The molecule has 92 valence electrons. The van der Waals surface area contributed by atoms with Crippen molar-refractivity contribution in [2.45, 2.75) is 52.0 Å². The zero-order valence-corrected chi connectivity index (χ0v) is 10.9. The lowest BCUT2D eigenvalue weighted by Gasteiger charge is -2.20. The van der Waals surface area contributed by atoms with Crippen molar-refractivity contribution >= 4 is 10.0 Å². The van der Waals surface area contributed by atoms with Crippen LogP contribution >= 0.6 is 0 Å². The SMILES string of the molecule is CC(C)(C)NS(=O)(=O)CCCCCCN. The van der Waals surface area contributed by atoms with Gasteiger partial charge in [-0.25, -0.2) is 13.1 Å². The third-order valence-electron chi connectivity index (χ3n) is 1.83. The van der Waals surface area contributed by atoms with E-state index in [9.17, 15) is 8.42 Å². The molecule has 0 saturated carbocycles. The van der Waals surface area contributed by atoms with Crippen molar-refractivity contribution in [3.8, 4) is 0 Å². The molecule has 4 nitrogen and oxygen atoms in total. The van der Waals surface area contributed by atoms with Crippen LogP contribution in [-0.2, 0) is 10.0 Å². The van der Waals surface area contributed by atoms with Crippen LogP contribution in [-0.4, -0.2) is 26.3 Å². The van der Waals surface area contributed by atoms with Crippen LogP contribution in [0.25, 0.3) is 0 Å². The van der Waals surface area contributed by atoms with E-state index < -0.39 is 10.0 Å². The molecular formula is C10H24N2O2S. The molecule has 0 saturated heterocycles. The molecule has 0 aromatic carbocycles. The van der Waals surface area contributed by atoms with E-state index in [2.05, 4.69) is 4.72 Å². The zero-order valence-electron chi connectivity index (χ0n) is 10.0. The van der Waals surface area contributed by atoms with E-state index in [-0.39, 0.29) is 11.3 Å². The van der Waals surface area contributed by atoms with E-state index in [1.165, 1.54) is 0 Å². The molecule has 0 aromatic rings. The van der Waals surface area contributed by atoms with Crippen molar-refractivity contribution < 1.29 is 8.42 Å². The molecule has 3 N–H and O–H groups in total. The number of rotatable bonds is 7. The first-order valence-corrected chi connectivity index (χ1v) is 7.14. The second kappa shape index (κ2) is 6.45. The lowest BCUT2D eigenvalue weighted by Crippen LogP contribution is -2.41. The van der Waals surface area contributed by atoms with Gasteiger partial charge in [0, 0.05) is 5.54 Å². The van der Waals surface area contributed by atoms with Crippen LogP contribution in [0.1, 0.15) is 46.5 Å². The Morgan fingerprint density at radius 1 is 1.07 bits per heavy atom. The highest BCUT2D eigenvalue weighted by molar-refractivity contribution is 7.89. The summed E-state index contributed by atoms with van der Waals surface area (Å²) in [6.45, 7) is 6.23. The summed E-state index contributed by atoms with van der Waals surface area (Å²) in [6, 6.07) is 0. The van der Waals surface area contributed by atoms with Crippen LogP contribution < -0.4 is 10.5 Å². The van der Waals surface area contributed by atoms with E-state index in [0.29, 0.717) is 13.0 Å². The first-order chi connectivity index (χ1) is 6.77. The van der Waals surface area contributed by atoms with E-state index in [4.69, 9.17) is 5.73 Å². The van der Waals surface area contributed by atoms with Crippen molar-refractivity contribution in [2.24, 2.45) is 5.73 Å². The number of hydrogen-bond donors (Lipinski definition) is 2. The summed E-state index contributed by atoms with van der Waals surface area (Å²) in [5.41, 5.74) is 4.97. The van der Waals surface area contributed by atoms with Gasteiger partial charge < -0.3 is 5.73 Å². The van der Waals surface area contributed by atoms with Crippen LogP contribution in [0, 0.1) is 0 Å². The minimum Gasteiger partial charge on any atom is -0.330 e. The maximum atomic E-state index is 11.5. The first kappa shape index (κ1) is 14.9. The predicted octanol–water partition coefficient (Wildman–Crippen LogP) is 1.22. The number of sulfonamides is 1. The van der Waals surface area contributed by atoms with Crippen molar-refractivity contribution in [1.82, 2.24) is 4.72 Å². The lowest BCUT2D eigenvalue weighted by atomic mass is 10.1. The molecule has 0 spiro atoms. The highest BCUT2D eigenvalue weighted by atomic mass is 32.2. The van der Waals surface area contributed by atoms with Gasteiger partial charge in [-0.1, -0.05) is 12.8 Å². The highest BCUT2D eigenvalue weighted by Crippen LogP contribution is 2.05. The average Bonchev–Trinajstić information content (AvgIpc) is 1.99. The number of nitrogens with one attached hydrogen (secondary N) is 1. The normalized spacial score (nSPS) is 13.1. The maximum Gasteiger partial charge on any atom is 0.212 e. The van der Waals surface area contributed by atoms with Crippen LogP contribution in [0.3, 0.4) is 0 Å². The topological polar surface area (TPSA) is 72.2 Å². The van der Waals surface area contributed by atoms with Gasteiger partial charge in [-0.05, 0) is 40.2 Å². The Bertz CT molecular complexity index is 255. The van der Waals surface area contributed by atoms with Crippen LogP contribution in [0.2, 0.25) is 0 Å². The summed E-state index contributed by atoms with van der Waals surface area (Å²) in [5.74, 6) is 0.217. The van der Waals surface area contributed by atoms with Crippen molar-refractivity contribution in [3.63, 3.8) is 0 Å². The van der Waals surface area contributed by atoms with Crippen molar-refractivity contribution in [1.29, 1.82) is 0 Å². The van der Waals surface area contributed by atoms with E-state index in [0.717, 1.165) is 19.3 Å². The van der Waals surface area contributed by atoms with Gasteiger partial charge in [-0.15, -0.1) is 0 Å². The van der Waals surface area contributed by atoms with Gasteiger partial charge in [0.15, 0.2) is 0 Å². The number of nitrogens with two attached hydrogens (primary N) is 1. The molecule has 0 fully saturated rings. The molecule has 0 bridgehead atoms. The van der Waals surface area contributed by atoms with Gasteiger partial charge in [0.25, 0.3) is 0 Å². The molecule has 5 heteroatoms. The van der Waals surface area contributed by atoms with Gasteiger partial charge in [-0.2, -0.15) is 0 Å². The highest BCUT2D eigenvalue weighted by Gasteiger charge is 2.18. The summed E-state index contributed by atoms with van der Waals surface area (Å²) >= 11 is 0. The Morgan fingerprint density at radius 2 is 1.60 bits per heavy atom. The average molecular weight is 236 g/mol. The van der Waals surface area contributed by atoms with E-state index in [1.807, 2.05) is 20.8 Å². The summed E-state index contributed by atoms with van der Waals surface area (Å²) < 4.78 is 25.7. The van der Waals surface area contributed by atoms with E-state index in [1.54, 1.807) is 0 Å². The summed E-state index contributed by atoms with van der Waals surface area (Å²) in [5, 5.41) is 0. The molecule has 15 heavy (non-hydrogen) atoms. The Kier molecular flexibility index (Phi) is 6.40. The second-order valence-corrected chi connectivity index (χ2v) is 6.72. The van der Waals surface area contributed by atoms with E-state index >= 15 is 0 Å². The molecular weight excluding hydrogens is 212 g/mol. The number of unbranched alkanes of at least 4 members (excludes halogenated alkanes) is 3. The second-order valence-electron chi connectivity index (χ2n) is 4.87. The lowest BCUT2D eigenvalue weighted by molar-refractivity contribution is 0.489. The molecule has 0 amide bonds. The largest absolute Gasteiger partial charge is 0.330 e. The van der Waals surface area contributed by atoms with Gasteiger partial charge in [0.1, 0.15) is 0 Å². The Balaban J connectivity index is 3.76. The van der Waals surface area contributed by atoms with Gasteiger partial charge in [0.05, 0.1) is 5.75 Å². The molecule has 0 atom stereocenters. The summed E-state index contributed by atoms with van der Waals surface area (Å²) in [7, 11) is -3.11. The standard InChI is InChI=1S/C10H24N2O2S/c1-10(2,3)12-15(13,14)9-7-5-4-6-8-11/h12H,4-9,11H2,1-3H3. The maximum absolute atomic E-state index is 11.5. The van der Waals surface area contributed by atoms with Gasteiger partial charge in [-0.3, -0.25) is 0 Å². The minimum atomic E-state index is -3.11. The van der Waals surface area contributed by atoms with Crippen LogP contribution in [0.5, 0.6) is 0 Å². The Labute approximate surface area is 93.7 Å². The third kappa shape index (κ3) is 10.2. The fraction of sp³-hybridized carbons (Fsp3) is 1.00. The molecule has 0 aliphatic rings.